The van der Waals surface area contributed by atoms with Crippen LogP contribution in [0.1, 0.15) is 16.9 Å². The van der Waals surface area contributed by atoms with E-state index in [0.29, 0.717) is 23.5 Å². The van der Waals surface area contributed by atoms with E-state index in [1.165, 1.54) is 12.1 Å². The van der Waals surface area contributed by atoms with Crippen LogP contribution in [-0.4, -0.2) is 44.6 Å². The molecule has 1 atom stereocenters. The molecule has 2 aromatic heterocycles. The zero-order valence-electron chi connectivity index (χ0n) is 18.2. The third kappa shape index (κ3) is 3.79. The Morgan fingerprint density at radius 1 is 1.09 bits per heavy atom. The van der Waals surface area contributed by atoms with E-state index in [1.54, 1.807) is 16.8 Å². The molecular formula is C23H21F2N7O2. The maximum atomic E-state index is 14.2. The highest BCUT2D eigenvalue weighted by Crippen LogP contribution is 2.36. The maximum Gasteiger partial charge on any atom is 0.276 e. The summed E-state index contributed by atoms with van der Waals surface area (Å²) in [6.45, 7) is 1.33. The summed E-state index contributed by atoms with van der Waals surface area (Å²) < 4.78 is 30.7. The number of carbonyl (C=O) groups excluding carboxylic acids is 1. The van der Waals surface area contributed by atoms with Gasteiger partial charge in [-0.2, -0.15) is 14.9 Å². The average molecular weight is 465 g/mol. The molecule has 4 aromatic rings. The fraction of sp³-hybridized carbons (Fsp3) is 0.217. The number of nitrogens with two attached hydrogens (primary N) is 1. The first kappa shape index (κ1) is 21.7. The number of para-hydroxylation sites is 1. The van der Waals surface area contributed by atoms with Gasteiger partial charge in [-0.1, -0.05) is 6.07 Å². The van der Waals surface area contributed by atoms with Crippen molar-refractivity contribution < 1.29 is 13.6 Å². The smallest absolute Gasteiger partial charge is 0.276 e. The van der Waals surface area contributed by atoms with Crippen molar-refractivity contribution in [1.82, 2.24) is 19.6 Å². The number of hydrogen-bond donors (Lipinski definition) is 2. The molecule has 1 saturated heterocycles. The Morgan fingerprint density at radius 2 is 1.85 bits per heavy atom. The number of amides is 1. The number of benzene rings is 2. The van der Waals surface area contributed by atoms with Crippen LogP contribution in [0, 0.1) is 11.6 Å². The molecule has 5 rings (SSSR count). The first-order chi connectivity index (χ1) is 16.3. The molecule has 3 N–H and O–H groups in total. The Hall–Kier alpha value is -4.12. The van der Waals surface area contributed by atoms with Gasteiger partial charge in [-0.15, -0.1) is 0 Å². The largest absolute Gasteiger partial charge is 0.368 e. The number of nitrogens with zero attached hydrogens (tertiary/aromatic N) is 5. The van der Waals surface area contributed by atoms with Crippen molar-refractivity contribution in [2.24, 2.45) is 12.8 Å². The topological polar surface area (TPSA) is 111 Å². The Balaban J connectivity index is 1.54. The molecule has 1 fully saturated rings. The number of hydrogen-bond acceptors (Lipinski definition) is 6. The van der Waals surface area contributed by atoms with Crippen LogP contribution in [0.5, 0.6) is 0 Å². The van der Waals surface area contributed by atoms with Crippen LogP contribution >= 0.6 is 0 Å². The molecule has 0 bridgehead atoms. The van der Waals surface area contributed by atoms with E-state index in [4.69, 9.17) is 5.73 Å². The van der Waals surface area contributed by atoms with Gasteiger partial charge < -0.3 is 16.0 Å². The normalized spacial score (nSPS) is 15.8. The van der Waals surface area contributed by atoms with Crippen LogP contribution in [0.15, 0.2) is 53.5 Å². The molecule has 1 amide bonds. The van der Waals surface area contributed by atoms with Gasteiger partial charge in [-0.3, -0.25) is 14.3 Å². The third-order valence-electron chi connectivity index (χ3n) is 5.75. The molecule has 2 aromatic carbocycles. The van der Waals surface area contributed by atoms with Crippen molar-refractivity contribution in [3.05, 3.63) is 76.3 Å². The number of nitrogens with one attached hydrogen (secondary N) is 1. The van der Waals surface area contributed by atoms with Gasteiger partial charge in [-0.25, -0.2) is 8.78 Å². The minimum absolute atomic E-state index is 0.0105. The summed E-state index contributed by atoms with van der Waals surface area (Å²) in [6.07, 6.45) is 2.67. The van der Waals surface area contributed by atoms with Gasteiger partial charge in [0.2, 0.25) is 0 Å². The number of aromatic nitrogens is 4. The summed E-state index contributed by atoms with van der Waals surface area (Å²) in [5, 5.41) is 12.0. The molecule has 0 aliphatic carbocycles. The Labute approximate surface area is 192 Å². The van der Waals surface area contributed by atoms with Crippen LogP contribution in [0.2, 0.25) is 0 Å². The highest BCUT2D eigenvalue weighted by Gasteiger charge is 2.25. The molecule has 1 unspecified atom stereocenters. The quantitative estimate of drug-likeness (QED) is 0.478. The first-order valence-electron chi connectivity index (χ1n) is 10.6. The molecular weight excluding hydrogens is 444 g/mol. The van der Waals surface area contributed by atoms with E-state index < -0.39 is 28.8 Å². The minimum atomic E-state index is -0.971. The summed E-state index contributed by atoms with van der Waals surface area (Å²) in [5.74, 6) is -2.58. The number of carbonyl (C=O) groups is 1. The molecule has 9 nitrogen and oxygen atoms in total. The second kappa shape index (κ2) is 8.34. The summed E-state index contributed by atoms with van der Waals surface area (Å²) in [6, 6.07) is 8.98. The summed E-state index contributed by atoms with van der Waals surface area (Å²) in [4.78, 5) is 27.5. The fourth-order valence-electron chi connectivity index (χ4n) is 4.20. The molecule has 174 valence electrons. The predicted octanol–water partition coefficient (Wildman–Crippen LogP) is 2.19. The van der Waals surface area contributed by atoms with Gasteiger partial charge in [-0.05, 0) is 36.8 Å². The van der Waals surface area contributed by atoms with Gasteiger partial charge in [0, 0.05) is 43.8 Å². The lowest BCUT2D eigenvalue weighted by Crippen LogP contribution is -2.28. The van der Waals surface area contributed by atoms with Crippen molar-refractivity contribution in [2.45, 2.75) is 12.5 Å². The minimum Gasteiger partial charge on any atom is -0.368 e. The van der Waals surface area contributed by atoms with Crippen LogP contribution in [0.4, 0.5) is 20.2 Å². The van der Waals surface area contributed by atoms with E-state index in [-0.39, 0.29) is 11.7 Å². The van der Waals surface area contributed by atoms with Crippen molar-refractivity contribution in [3.63, 3.8) is 0 Å². The highest BCUT2D eigenvalue weighted by molar-refractivity contribution is 6.08. The SMILES string of the molecule is Cn1cc2c(N3CCC(N)C3)c(NC(=O)c3ccc(=O)n(-c4c(F)cccc4F)n3)ccc2n1. The Kier molecular flexibility index (Phi) is 5.33. The Morgan fingerprint density at radius 3 is 2.56 bits per heavy atom. The number of anilines is 2. The van der Waals surface area contributed by atoms with Crippen LogP contribution in [0.3, 0.4) is 0 Å². The van der Waals surface area contributed by atoms with E-state index in [9.17, 15) is 18.4 Å². The van der Waals surface area contributed by atoms with Gasteiger partial charge in [0.15, 0.2) is 11.6 Å². The van der Waals surface area contributed by atoms with Crippen molar-refractivity contribution in [2.75, 3.05) is 23.3 Å². The van der Waals surface area contributed by atoms with E-state index in [1.807, 2.05) is 13.2 Å². The lowest BCUT2D eigenvalue weighted by molar-refractivity contribution is 0.102. The third-order valence-corrected chi connectivity index (χ3v) is 5.75. The molecule has 0 spiro atoms. The van der Waals surface area contributed by atoms with Gasteiger partial charge in [0.05, 0.1) is 16.9 Å². The van der Waals surface area contributed by atoms with E-state index in [2.05, 4.69) is 20.4 Å². The standard InChI is InChI=1S/C23H21F2N7O2/c1-30-12-14-17(28-30)5-6-18(21(14)31-10-9-13(26)11-31)27-23(34)19-7-8-20(33)32(29-19)22-15(24)3-2-4-16(22)25/h2-8,12-13H,9-11,26H2,1H3,(H,27,34). The molecule has 3 heterocycles. The molecule has 1 aliphatic heterocycles. The van der Waals surface area contributed by atoms with E-state index in [0.717, 1.165) is 41.2 Å². The monoisotopic (exact) mass is 465 g/mol. The molecule has 0 radical (unpaired) electrons. The average Bonchev–Trinajstić information content (AvgIpc) is 3.39. The zero-order chi connectivity index (χ0) is 24.0. The van der Waals surface area contributed by atoms with Crippen molar-refractivity contribution in [1.29, 1.82) is 0 Å². The fourth-order valence-corrected chi connectivity index (χ4v) is 4.20. The number of rotatable bonds is 4. The summed E-state index contributed by atoms with van der Waals surface area (Å²) in [5.41, 5.74) is 6.56. The highest BCUT2D eigenvalue weighted by atomic mass is 19.1. The van der Waals surface area contributed by atoms with Crippen LogP contribution in [0.25, 0.3) is 16.6 Å². The second-order valence-electron chi connectivity index (χ2n) is 8.19. The van der Waals surface area contributed by atoms with Crippen LogP contribution in [-0.2, 0) is 7.05 Å². The lowest BCUT2D eigenvalue weighted by atomic mass is 10.1. The first-order valence-corrected chi connectivity index (χ1v) is 10.6. The number of halogens is 2. The van der Waals surface area contributed by atoms with E-state index >= 15 is 0 Å². The maximum absolute atomic E-state index is 14.2. The summed E-state index contributed by atoms with van der Waals surface area (Å²) >= 11 is 0. The van der Waals surface area contributed by atoms with Gasteiger partial charge >= 0.3 is 0 Å². The number of fused-ring (bicyclic) bond motifs is 1. The zero-order valence-corrected chi connectivity index (χ0v) is 18.2. The van der Waals surface area contributed by atoms with Crippen LogP contribution < -0.4 is 21.5 Å². The molecule has 1 aliphatic rings. The molecule has 34 heavy (non-hydrogen) atoms. The molecule has 11 heteroatoms. The number of aryl methyl sites for hydroxylation is 1. The summed E-state index contributed by atoms with van der Waals surface area (Å²) in [7, 11) is 1.81. The second-order valence-corrected chi connectivity index (χ2v) is 8.19. The van der Waals surface area contributed by atoms with Gasteiger partial charge in [0.25, 0.3) is 11.5 Å². The Bertz CT molecular complexity index is 1460. The predicted molar refractivity (Wildman–Crippen MR) is 123 cm³/mol. The van der Waals surface area contributed by atoms with Crippen molar-refractivity contribution in [3.8, 4) is 5.69 Å². The molecule has 0 saturated carbocycles. The van der Waals surface area contributed by atoms with Crippen molar-refractivity contribution >= 4 is 28.2 Å². The lowest BCUT2D eigenvalue weighted by Gasteiger charge is -2.23. The van der Waals surface area contributed by atoms with Gasteiger partial charge in [0.1, 0.15) is 11.4 Å².